The second-order valence-electron chi connectivity index (χ2n) is 5.35. The standard InChI is InChI=1S/C17H15FO3/c18-15-3-1-2-12(9-15)13-6-11(10-19)7-14(8-13)16-4-5-21-17(16)20/h1,3,7-10,16H,2,4-6H2. The van der Waals surface area contributed by atoms with E-state index in [4.69, 9.17) is 4.74 Å². The molecule has 21 heavy (non-hydrogen) atoms. The Kier molecular flexibility index (Phi) is 3.69. The number of rotatable bonds is 2. The van der Waals surface area contributed by atoms with Gasteiger partial charge in [-0.3, -0.25) is 9.59 Å². The molecule has 0 aromatic heterocycles. The number of hydrogen-bond acceptors (Lipinski definition) is 3. The summed E-state index contributed by atoms with van der Waals surface area (Å²) in [5, 5.41) is 0. The molecule has 1 fully saturated rings. The number of halogens is 1. The van der Waals surface area contributed by atoms with E-state index < -0.39 is 0 Å². The highest BCUT2D eigenvalue weighted by atomic mass is 19.1. The SMILES string of the molecule is O=CC1=CC(C2CCOC2=O)=CC(=C2C=C(F)C=CC2)C1. The minimum absolute atomic E-state index is 0.251. The first-order valence-electron chi connectivity index (χ1n) is 6.97. The lowest BCUT2D eigenvalue weighted by atomic mass is 9.85. The van der Waals surface area contributed by atoms with E-state index in [1.54, 1.807) is 12.2 Å². The van der Waals surface area contributed by atoms with Crippen LogP contribution < -0.4 is 0 Å². The number of carbonyl (C=O) groups is 2. The molecular formula is C17H15FO3. The summed E-state index contributed by atoms with van der Waals surface area (Å²) >= 11 is 0. The monoisotopic (exact) mass is 286 g/mol. The minimum atomic E-state index is -0.316. The molecule has 3 aliphatic rings. The molecule has 3 rings (SSSR count). The van der Waals surface area contributed by atoms with Crippen LogP contribution >= 0.6 is 0 Å². The van der Waals surface area contributed by atoms with Gasteiger partial charge in [-0.15, -0.1) is 0 Å². The van der Waals surface area contributed by atoms with Gasteiger partial charge in [-0.05, 0) is 47.3 Å². The van der Waals surface area contributed by atoms with Crippen molar-refractivity contribution < 1.29 is 18.7 Å². The van der Waals surface area contributed by atoms with E-state index in [1.807, 2.05) is 6.08 Å². The van der Waals surface area contributed by atoms with Gasteiger partial charge in [0.05, 0.1) is 12.5 Å². The van der Waals surface area contributed by atoms with Crippen LogP contribution in [0.2, 0.25) is 0 Å². The summed E-state index contributed by atoms with van der Waals surface area (Å²) in [5.74, 6) is -0.857. The molecule has 0 amide bonds. The molecule has 3 nitrogen and oxygen atoms in total. The highest BCUT2D eigenvalue weighted by molar-refractivity contribution is 5.82. The van der Waals surface area contributed by atoms with Crippen LogP contribution in [0, 0.1) is 5.92 Å². The number of ether oxygens (including phenoxy) is 1. The Morgan fingerprint density at radius 3 is 2.76 bits per heavy atom. The lowest BCUT2D eigenvalue weighted by molar-refractivity contribution is -0.140. The van der Waals surface area contributed by atoms with Crippen molar-refractivity contribution >= 4 is 12.3 Å². The minimum Gasteiger partial charge on any atom is -0.465 e. The van der Waals surface area contributed by atoms with Gasteiger partial charge in [0.15, 0.2) is 0 Å². The molecule has 0 bridgehead atoms. The predicted octanol–water partition coefficient (Wildman–Crippen LogP) is 3.11. The van der Waals surface area contributed by atoms with Gasteiger partial charge in [0, 0.05) is 6.42 Å². The lowest BCUT2D eigenvalue weighted by Crippen LogP contribution is -2.13. The zero-order valence-electron chi connectivity index (χ0n) is 11.5. The normalized spacial score (nSPS) is 28.7. The van der Waals surface area contributed by atoms with Gasteiger partial charge in [0.25, 0.3) is 0 Å². The summed E-state index contributed by atoms with van der Waals surface area (Å²) in [6, 6.07) is 0. The van der Waals surface area contributed by atoms with Crippen molar-refractivity contribution in [2.45, 2.75) is 19.3 Å². The zero-order chi connectivity index (χ0) is 14.8. The van der Waals surface area contributed by atoms with E-state index in [2.05, 4.69) is 0 Å². The first-order chi connectivity index (χ1) is 10.2. The van der Waals surface area contributed by atoms with Crippen molar-refractivity contribution in [3.8, 4) is 0 Å². The van der Waals surface area contributed by atoms with Gasteiger partial charge < -0.3 is 4.74 Å². The maximum absolute atomic E-state index is 13.4. The van der Waals surface area contributed by atoms with Gasteiger partial charge in [-0.2, -0.15) is 0 Å². The molecule has 1 unspecified atom stereocenters. The Hall–Kier alpha value is -2.23. The van der Waals surface area contributed by atoms with Crippen molar-refractivity contribution in [3.63, 3.8) is 0 Å². The number of carbonyl (C=O) groups excluding carboxylic acids is 2. The first kappa shape index (κ1) is 13.7. The van der Waals surface area contributed by atoms with Crippen LogP contribution in [0.1, 0.15) is 19.3 Å². The molecule has 0 N–H and O–H groups in total. The van der Waals surface area contributed by atoms with Crippen LogP contribution in [-0.2, 0) is 14.3 Å². The zero-order valence-corrected chi connectivity index (χ0v) is 11.5. The average Bonchev–Trinajstić information content (AvgIpc) is 2.93. The van der Waals surface area contributed by atoms with Crippen LogP contribution in [0.4, 0.5) is 4.39 Å². The fourth-order valence-corrected chi connectivity index (χ4v) is 2.86. The summed E-state index contributed by atoms with van der Waals surface area (Å²) < 4.78 is 18.4. The second kappa shape index (κ2) is 5.64. The number of esters is 1. The maximum Gasteiger partial charge on any atom is 0.313 e. The quantitative estimate of drug-likeness (QED) is 0.578. The van der Waals surface area contributed by atoms with E-state index >= 15 is 0 Å². The van der Waals surface area contributed by atoms with Gasteiger partial charge >= 0.3 is 5.97 Å². The molecule has 0 radical (unpaired) electrons. The van der Waals surface area contributed by atoms with E-state index in [1.165, 1.54) is 12.2 Å². The van der Waals surface area contributed by atoms with E-state index in [0.717, 1.165) is 23.0 Å². The van der Waals surface area contributed by atoms with E-state index in [-0.39, 0.29) is 17.7 Å². The van der Waals surface area contributed by atoms with E-state index in [0.29, 0.717) is 31.4 Å². The molecule has 1 atom stereocenters. The van der Waals surface area contributed by atoms with Gasteiger partial charge in [-0.25, -0.2) is 4.39 Å². The summed E-state index contributed by atoms with van der Waals surface area (Å²) in [6.45, 7) is 0.411. The van der Waals surface area contributed by atoms with Crippen LogP contribution in [0.15, 0.2) is 58.5 Å². The van der Waals surface area contributed by atoms with Crippen LogP contribution in [0.3, 0.4) is 0 Å². The summed E-state index contributed by atoms with van der Waals surface area (Å²) in [6.07, 6.45) is 10.9. The molecule has 1 saturated heterocycles. The molecule has 1 aliphatic heterocycles. The second-order valence-corrected chi connectivity index (χ2v) is 5.35. The first-order valence-corrected chi connectivity index (χ1v) is 6.97. The van der Waals surface area contributed by atoms with Gasteiger partial charge in [0.2, 0.25) is 0 Å². The third-order valence-electron chi connectivity index (χ3n) is 3.92. The van der Waals surface area contributed by atoms with E-state index in [9.17, 15) is 14.0 Å². The van der Waals surface area contributed by atoms with Crippen LogP contribution in [-0.4, -0.2) is 18.9 Å². The molecular weight excluding hydrogens is 271 g/mol. The highest BCUT2D eigenvalue weighted by Crippen LogP contribution is 2.34. The third-order valence-corrected chi connectivity index (χ3v) is 3.92. The fraction of sp³-hybridized carbons (Fsp3) is 0.294. The van der Waals surface area contributed by atoms with Crippen LogP contribution in [0.5, 0.6) is 0 Å². The third kappa shape index (κ3) is 2.79. The highest BCUT2D eigenvalue weighted by Gasteiger charge is 2.30. The Bertz CT molecular complexity index is 647. The predicted molar refractivity (Wildman–Crippen MR) is 75.9 cm³/mol. The Morgan fingerprint density at radius 2 is 2.10 bits per heavy atom. The molecule has 0 saturated carbocycles. The van der Waals surface area contributed by atoms with Crippen molar-refractivity contribution in [2.24, 2.45) is 5.92 Å². The fourth-order valence-electron chi connectivity index (χ4n) is 2.86. The molecule has 2 aliphatic carbocycles. The molecule has 108 valence electrons. The van der Waals surface area contributed by atoms with Crippen molar-refractivity contribution in [3.05, 3.63) is 58.5 Å². The number of cyclic esters (lactones) is 1. The Labute approximate surface area is 122 Å². The number of allylic oxidation sites excluding steroid dienone is 9. The topological polar surface area (TPSA) is 43.4 Å². The number of aldehydes is 1. The van der Waals surface area contributed by atoms with Gasteiger partial charge in [-0.1, -0.05) is 18.2 Å². The average molecular weight is 286 g/mol. The largest absolute Gasteiger partial charge is 0.465 e. The Morgan fingerprint density at radius 1 is 1.24 bits per heavy atom. The summed E-state index contributed by atoms with van der Waals surface area (Å²) in [5.41, 5.74) is 3.15. The number of hydrogen-bond donors (Lipinski definition) is 0. The van der Waals surface area contributed by atoms with Crippen molar-refractivity contribution in [1.29, 1.82) is 0 Å². The van der Waals surface area contributed by atoms with Gasteiger partial charge in [0.1, 0.15) is 12.1 Å². The Balaban J connectivity index is 2.00. The summed E-state index contributed by atoms with van der Waals surface area (Å²) in [4.78, 5) is 22.9. The molecule has 0 spiro atoms. The lowest BCUT2D eigenvalue weighted by Gasteiger charge is -2.19. The maximum atomic E-state index is 13.4. The molecule has 4 heteroatoms. The van der Waals surface area contributed by atoms with Crippen LogP contribution in [0.25, 0.3) is 0 Å². The van der Waals surface area contributed by atoms with Crippen molar-refractivity contribution in [1.82, 2.24) is 0 Å². The summed E-state index contributed by atoms with van der Waals surface area (Å²) in [7, 11) is 0. The smallest absolute Gasteiger partial charge is 0.313 e. The molecule has 1 heterocycles. The van der Waals surface area contributed by atoms with Crippen molar-refractivity contribution in [2.75, 3.05) is 6.61 Å². The molecule has 0 aromatic rings. The molecule has 0 aromatic carbocycles.